The van der Waals surface area contributed by atoms with Gasteiger partial charge in [0, 0.05) is 6.54 Å². The van der Waals surface area contributed by atoms with Crippen LogP contribution in [0.3, 0.4) is 0 Å². The first-order valence-corrected chi connectivity index (χ1v) is 5.36. The standard InChI is InChI=1S/C9H7Cl2N3O2/c10-6-4-1-2-12-3-5(4)7(11)9(14-16)8(6)13-15/h12H,1-3H2. The van der Waals surface area contributed by atoms with Gasteiger partial charge in [-0.05, 0) is 34.4 Å². The average Bonchev–Trinajstić information content (AvgIpc) is 2.33. The van der Waals surface area contributed by atoms with Crippen molar-refractivity contribution < 1.29 is 0 Å². The van der Waals surface area contributed by atoms with Gasteiger partial charge in [0.05, 0.1) is 10.0 Å². The summed E-state index contributed by atoms with van der Waals surface area (Å²) in [5.41, 5.74) is 1.15. The lowest BCUT2D eigenvalue weighted by molar-refractivity contribution is 0.644. The first-order valence-electron chi connectivity index (χ1n) is 4.60. The second-order valence-electron chi connectivity index (χ2n) is 3.39. The Balaban J connectivity index is 2.78. The summed E-state index contributed by atoms with van der Waals surface area (Å²) in [5.74, 6) is 0. The Morgan fingerprint density at radius 2 is 1.56 bits per heavy atom. The molecule has 1 aliphatic rings. The van der Waals surface area contributed by atoms with Crippen LogP contribution in [0.25, 0.3) is 0 Å². The molecule has 1 aliphatic heterocycles. The molecule has 0 unspecified atom stereocenters. The fourth-order valence-electron chi connectivity index (χ4n) is 1.80. The Morgan fingerprint density at radius 1 is 1.00 bits per heavy atom. The SMILES string of the molecule is O=Nc1c(Cl)c2c(c(Cl)c1N=O)CNCC2. The summed E-state index contributed by atoms with van der Waals surface area (Å²) >= 11 is 12.0. The van der Waals surface area contributed by atoms with E-state index in [0.29, 0.717) is 13.0 Å². The summed E-state index contributed by atoms with van der Waals surface area (Å²) in [5, 5.41) is 8.90. The second-order valence-corrected chi connectivity index (χ2v) is 4.15. The maximum atomic E-state index is 10.6. The summed E-state index contributed by atoms with van der Waals surface area (Å²) in [7, 11) is 0. The molecule has 1 aromatic carbocycles. The van der Waals surface area contributed by atoms with Gasteiger partial charge in [-0.1, -0.05) is 23.2 Å². The minimum Gasteiger partial charge on any atom is -0.312 e. The van der Waals surface area contributed by atoms with Gasteiger partial charge < -0.3 is 5.32 Å². The summed E-state index contributed by atoms with van der Waals surface area (Å²) in [6, 6.07) is 0. The quantitative estimate of drug-likeness (QED) is 0.828. The predicted octanol–water partition coefficient (Wildman–Crippen LogP) is 3.43. The minimum absolute atomic E-state index is 0.163. The number of benzene rings is 1. The molecule has 0 fully saturated rings. The zero-order valence-corrected chi connectivity index (χ0v) is 9.60. The molecule has 0 saturated heterocycles. The van der Waals surface area contributed by atoms with Crippen molar-refractivity contribution in [3.05, 3.63) is 31.0 Å². The number of rotatable bonds is 2. The van der Waals surface area contributed by atoms with Crippen molar-refractivity contribution in [1.82, 2.24) is 5.32 Å². The molecule has 0 bridgehead atoms. The fraction of sp³-hybridized carbons (Fsp3) is 0.333. The Labute approximate surface area is 101 Å². The molecule has 0 aromatic heterocycles. The number of nitroso groups, excluding NO2 is 2. The van der Waals surface area contributed by atoms with Crippen molar-refractivity contribution in [2.24, 2.45) is 10.4 Å². The van der Waals surface area contributed by atoms with Crippen LogP contribution < -0.4 is 5.32 Å². The molecule has 0 radical (unpaired) electrons. The van der Waals surface area contributed by atoms with E-state index in [1.807, 2.05) is 0 Å². The normalized spacial score (nSPS) is 14.4. The van der Waals surface area contributed by atoms with Crippen LogP contribution in [0.5, 0.6) is 0 Å². The van der Waals surface area contributed by atoms with Crippen molar-refractivity contribution in [2.75, 3.05) is 6.54 Å². The molecule has 5 nitrogen and oxygen atoms in total. The lowest BCUT2D eigenvalue weighted by Crippen LogP contribution is -2.24. The van der Waals surface area contributed by atoms with Crippen LogP contribution >= 0.6 is 23.2 Å². The molecule has 1 aromatic rings. The molecule has 0 amide bonds. The highest BCUT2D eigenvalue weighted by atomic mass is 35.5. The summed E-state index contributed by atoms with van der Waals surface area (Å²) < 4.78 is 0. The number of nitrogens with zero attached hydrogens (tertiary/aromatic N) is 2. The third-order valence-corrected chi connectivity index (χ3v) is 3.38. The summed E-state index contributed by atoms with van der Waals surface area (Å²) in [4.78, 5) is 21.3. The van der Waals surface area contributed by atoms with Gasteiger partial charge in [-0.25, -0.2) is 0 Å². The highest BCUT2D eigenvalue weighted by molar-refractivity contribution is 6.38. The van der Waals surface area contributed by atoms with Crippen molar-refractivity contribution in [1.29, 1.82) is 0 Å². The molecule has 1 heterocycles. The van der Waals surface area contributed by atoms with Crippen molar-refractivity contribution in [3.8, 4) is 0 Å². The van der Waals surface area contributed by atoms with E-state index >= 15 is 0 Å². The molecule has 2 rings (SSSR count). The van der Waals surface area contributed by atoms with Crippen LogP contribution in [-0.4, -0.2) is 6.54 Å². The van der Waals surface area contributed by atoms with Gasteiger partial charge in [-0.3, -0.25) is 0 Å². The van der Waals surface area contributed by atoms with E-state index in [2.05, 4.69) is 15.7 Å². The Hall–Kier alpha value is -1.04. The van der Waals surface area contributed by atoms with E-state index in [1.165, 1.54) is 0 Å². The van der Waals surface area contributed by atoms with Gasteiger partial charge in [0.15, 0.2) is 11.4 Å². The van der Waals surface area contributed by atoms with Crippen molar-refractivity contribution >= 4 is 34.6 Å². The number of hydrogen-bond donors (Lipinski definition) is 1. The van der Waals surface area contributed by atoms with Crippen molar-refractivity contribution in [2.45, 2.75) is 13.0 Å². The first-order chi connectivity index (χ1) is 7.70. The lowest BCUT2D eigenvalue weighted by atomic mass is 9.99. The second kappa shape index (κ2) is 4.45. The molecule has 7 heteroatoms. The molecule has 1 N–H and O–H groups in total. The Bertz CT molecular complexity index is 434. The van der Waals surface area contributed by atoms with E-state index in [-0.39, 0.29) is 21.4 Å². The smallest absolute Gasteiger partial charge is 0.157 e. The van der Waals surface area contributed by atoms with Crippen molar-refractivity contribution in [3.63, 3.8) is 0 Å². The topological polar surface area (TPSA) is 70.9 Å². The zero-order valence-electron chi connectivity index (χ0n) is 8.09. The van der Waals surface area contributed by atoms with Gasteiger partial charge in [-0.15, -0.1) is 9.81 Å². The third-order valence-electron chi connectivity index (χ3n) is 2.57. The first kappa shape index (κ1) is 11.4. The van der Waals surface area contributed by atoms with Gasteiger partial charge in [0.2, 0.25) is 0 Å². The van der Waals surface area contributed by atoms with Gasteiger partial charge in [-0.2, -0.15) is 0 Å². The number of hydrogen-bond acceptors (Lipinski definition) is 5. The molecular formula is C9H7Cl2N3O2. The number of fused-ring (bicyclic) bond motifs is 1. The van der Waals surface area contributed by atoms with Crippen LogP contribution in [0.15, 0.2) is 10.4 Å². The highest BCUT2D eigenvalue weighted by Gasteiger charge is 2.24. The van der Waals surface area contributed by atoms with Crippen LogP contribution in [0.2, 0.25) is 10.0 Å². The molecule has 16 heavy (non-hydrogen) atoms. The average molecular weight is 260 g/mol. The Morgan fingerprint density at radius 3 is 2.12 bits per heavy atom. The minimum atomic E-state index is -0.177. The molecule has 0 saturated carbocycles. The molecule has 0 spiro atoms. The van der Waals surface area contributed by atoms with E-state index in [1.54, 1.807) is 0 Å². The third kappa shape index (κ3) is 1.61. The van der Waals surface area contributed by atoms with E-state index in [4.69, 9.17) is 23.2 Å². The summed E-state index contributed by atoms with van der Waals surface area (Å²) in [6.07, 6.45) is 0.648. The maximum absolute atomic E-state index is 10.6. The molecule has 0 atom stereocenters. The summed E-state index contributed by atoms with van der Waals surface area (Å²) in [6.45, 7) is 1.25. The van der Waals surface area contributed by atoms with E-state index < -0.39 is 0 Å². The molecule has 0 aliphatic carbocycles. The zero-order chi connectivity index (χ0) is 11.7. The fourth-order valence-corrected chi connectivity index (χ4v) is 2.43. The van der Waals surface area contributed by atoms with Crippen LogP contribution in [0.4, 0.5) is 11.4 Å². The van der Waals surface area contributed by atoms with Crippen LogP contribution in [-0.2, 0) is 13.0 Å². The number of nitrogens with one attached hydrogen (secondary N) is 1. The van der Waals surface area contributed by atoms with Gasteiger partial charge in [0.25, 0.3) is 0 Å². The molecule has 84 valence electrons. The predicted molar refractivity (Wildman–Crippen MR) is 62.8 cm³/mol. The Kier molecular flexibility index (Phi) is 3.18. The lowest BCUT2D eigenvalue weighted by Gasteiger charge is -2.20. The molecular weight excluding hydrogens is 253 g/mol. The highest BCUT2D eigenvalue weighted by Crippen LogP contribution is 2.46. The van der Waals surface area contributed by atoms with Crippen LogP contribution in [0.1, 0.15) is 11.1 Å². The van der Waals surface area contributed by atoms with E-state index in [9.17, 15) is 9.81 Å². The maximum Gasteiger partial charge on any atom is 0.157 e. The van der Waals surface area contributed by atoms with Gasteiger partial charge in [0.1, 0.15) is 0 Å². The van der Waals surface area contributed by atoms with Gasteiger partial charge >= 0.3 is 0 Å². The number of halogens is 2. The monoisotopic (exact) mass is 259 g/mol. The van der Waals surface area contributed by atoms with E-state index in [0.717, 1.165) is 17.7 Å². The van der Waals surface area contributed by atoms with Crippen LogP contribution in [0, 0.1) is 9.81 Å². The largest absolute Gasteiger partial charge is 0.312 e.